The van der Waals surface area contributed by atoms with Gasteiger partial charge in [-0.2, -0.15) is 8.42 Å². The van der Waals surface area contributed by atoms with Crippen LogP contribution in [0, 0.1) is 0 Å². The van der Waals surface area contributed by atoms with Gasteiger partial charge in [-0.1, -0.05) is 11.8 Å². The van der Waals surface area contributed by atoms with Crippen LogP contribution in [-0.2, 0) is 14.3 Å². The Bertz CT molecular complexity index is 233. The van der Waals surface area contributed by atoms with E-state index in [-0.39, 0.29) is 0 Å². The minimum absolute atomic E-state index is 0.546. The van der Waals surface area contributed by atoms with Crippen LogP contribution >= 0.6 is 11.8 Å². The van der Waals surface area contributed by atoms with E-state index in [4.69, 9.17) is 0 Å². The second-order valence-electron chi connectivity index (χ2n) is 1.77. The van der Waals surface area contributed by atoms with E-state index in [0.717, 1.165) is 12.0 Å². The van der Waals surface area contributed by atoms with Crippen LogP contribution in [0.3, 0.4) is 0 Å². The lowest BCUT2D eigenvalue weighted by molar-refractivity contribution is 0.307. The summed E-state index contributed by atoms with van der Waals surface area (Å²) in [4.78, 5) is 3.76. The summed E-state index contributed by atoms with van der Waals surface area (Å²) in [6, 6.07) is 0. The summed E-state index contributed by atoms with van der Waals surface area (Å²) in [5.41, 5.74) is -0.546. The topological polar surface area (TPSA) is 55.7 Å². The molecule has 0 radical (unpaired) electrons. The standard InChI is InChI=1S/C4H7NO3S2/c1-10(6,7)8-4-5-2-3-9-4/h2,4H,3H2,1H3. The molecule has 4 nitrogen and oxygen atoms in total. The van der Waals surface area contributed by atoms with Gasteiger partial charge in [0.2, 0.25) is 5.56 Å². The molecule has 0 aliphatic carbocycles. The van der Waals surface area contributed by atoms with E-state index in [0.29, 0.717) is 0 Å². The molecule has 1 atom stereocenters. The first kappa shape index (κ1) is 8.03. The number of hydrogen-bond donors (Lipinski definition) is 0. The van der Waals surface area contributed by atoms with Gasteiger partial charge in [-0.3, -0.25) is 4.99 Å². The van der Waals surface area contributed by atoms with Crippen molar-refractivity contribution >= 4 is 28.1 Å². The molecule has 1 unspecified atom stereocenters. The van der Waals surface area contributed by atoms with Crippen LogP contribution in [0.25, 0.3) is 0 Å². The molecule has 0 saturated heterocycles. The normalized spacial score (nSPS) is 25.5. The number of nitrogens with zero attached hydrogens (tertiary/aromatic N) is 1. The molecule has 1 aliphatic heterocycles. The van der Waals surface area contributed by atoms with Crippen molar-refractivity contribution in [3.63, 3.8) is 0 Å². The van der Waals surface area contributed by atoms with Crippen molar-refractivity contribution in [2.75, 3.05) is 12.0 Å². The molecule has 10 heavy (non-hydrogen) atoms. The first-order chi connectivity index (χ1) is 4.58. The van der Waals surface area contributed by atoms with Crippen molar-refractivity contribution in [1.29, 1.82) is 0 Å². The Balaban J connectivity index is 2.47. The van der Waals surface area contributed by atoms with Gasteiger partial charge >= 0.3 is 0 Å². The maximum atomic E-state index is 10.5. The predicted octanol–water partition coefficient (Wildman–Crippen LogP) is 0.0638. The minimum Gasteiger partial charge on any atom is -0.254 e. The molecule has 0 aromatic rings. The molecule has 0 N–H and O–H groups in total. The molecule has 1 aliphatic rings. The first-order valence-corrected chi connectivity index (χ1v) is 5.46. The van der Waals surface area contributed by atoms with Crippen LogP contribution in [0.15, 0.2) is 4.99 Å². The van der Waals surface area contributed by atoms with E-state index in [1.54, 1.807) is 6.21 Å². The molecule has 0 bridgehead atoms. The number of thioether (sulfide) groups is 1. The van der Waals surface area contributed by atoms with Crippen molar-refractivity contribution in [3.05, 3.63) is 0 Å². The van der Waals surface area contributed by atoms with Gasteiger partial charge in [-0.05, 0) is 0 Å². The fourth-order valence-corrected chi connectivity index (χ4v) is 2.01. The van der Waals surface area contributed by atoms with Gasteiger partial charge in [-0.15, -0.1) is 0 Å². The van der Waals surface area contributed by atoms with Crippen LogP contribution in [0.5, 0.6) is 0 Å². The smallest absolute Gasteiger partial charge is 0.254 e. The van der Waals surface area contributed by atoms with Crippen LogP contribution in [0.1, 0.15) is 0 Å². The molecule has 58 valence electrons. The molecular formula is C4H7NO3S2. The molecule has 6 heteroatoms. The van der Waals surface area contributed by atoms with E-state index < -0.39 is 15.7 Å². The van der Waals surface area contributed by atoms with E-state index >= 15 is 0 Å². The number of hydrogen-bond acceptors (Lipinski definition) is 5. The number of aliphatic imine (C=N–C) groups is 1. The van der Waals surface area contributed by atoms with E-state index in [1.165, 1.54) is 11.8 Å². The highest BCUT2D eigenvalue weighted by molar-refractivity contribution is 8.01. The summed E-state index contributed by atoms with van der Waals surface area (Å²) < 4.78 is 25.5. The predicted molar refractivity (Wildman–Crippen MR) is 40.7 cm³/mol. The maximum absolute atomic E-state index is 10.5. The molecular weight excluding hydrogens is 174 g/mol. The van der Waals surface area contributed by atoms with Crippen molar-refractivity contribution < 1.29 is 12.6 Å². The van der Waals surface area contributed by atoms with Crippen molar-refractivity contribution in [1.82, 2.24) is 0 Å². The summed E-state index contributed by atoms with van der Waals surface area (Å²) in [5.74, 6) is 0.722. The second kappa shape index (κ2) is 2.89. The third kappa shape index (κ3) is 2.68. The van der Waals surface area contributed by atoms with E-state index in [9.17, 15) is 8.42 Å². The second-order valence-corrected chi connectivity index (χ2v) is 4.44. The van der Waals surface area contributed by atoms with Crippen LogP contribution in [0.2, 0.25) is 0 Å². The van der Waals surface area contributed by atoms with Crippen LogP contribution in [-0.4, -0.2) is 32.2 Å². The summed E-state index contributed by atoms with van der Waals surface area (Å²) in [7, 11) is -3.34. The molecule has 1 rings (SSSR count). The minimum atomic E-state index is -3.34. The SMILES string of the molecule is CS(=O)(=O)OC1N=CCS1. The summed E-state index contributed by atoms with van der Waals surface area (Å²) in [6.45, 7) is 0. The molecule has 0 fully saturated rings. The molecule has 1 heterocycles. The summed E-state index contributed by atoms with van der Waals surface area (Å²) >= 11 is 1.35. The molecule has 0 aromatic heterocycles. The van der Waals surface area contributed by atoms with Gasteiger partial charge in [-0.25, -0.2) is 4.18 Å². The molecule has 0 saturated carbocycles. The van der Waals surface area contributed by atoms with Crippen molar-refractivity contribution in [2.24, 2.45) is 4.99 Å². The Hall–Kier alpha value is -0.0700. The lowest BCUT2D eigenvalue weighted by Gasteiger charge is -2.03. The summed E-state index contributed by atoms with van der Waals surface area (Å²) in [5, 5.41) is 0. The van der Waals surface area contributed by atoms with Gasteiger partial charge in [0.15, 0.2) is 0 Å². The number of rotatable bonds is 2. The van der Waals surface area contributed by atoms with Gasteiger partial charge in [0, 0.05) is 12.0 Å². The maximum Gasteiger partial charge on any atom is 0.267 e. The Kier molecular flexibility index (Phi) is 2.32. The van der Waals surface area contributed by atoms with E-state index in [2.05, 4.69) is 9.18 Å². The highest BCUT2D eigenvalue weighted by Gasteiger charge is 2.16. The fourth-order valence-electron chi connectivity index (χ4n) is 0.500. The average Bonchev–Trinajstić information content (AvgIpc) is 2.12. The summed E-state index contributed by atoms with van der Waals surface area (Å²) in [6.07, 6.45) is 2.65. The van der Waals surface area contributed by atoms with Crippen LogP contribution < -0.4 is 0 Å². The molecule has 0 amide bonds. The third-order valence-corrected chi connectivity index (χ3v) is 2.30. The largest absolute Gasteiger partial charge is 0.267 e. The van der Waals surface area contributed by atoms with Gasteiger partial charge in [0.25, 0.3) is 10.1 Å². The Morgan fingerprint density at radius 3 is 2.90 bits per heavy atom. The average molecular weight is 181 g/mol. The Morgan fingerprint density at radius 1 is 1.80 bits per heavy atom. The highest BCUT2D eigenvalue weighted by Crippen LogP contribution is 2.19. The highest BCUT2D eigenvalue weighted by atomic mass is 32.2. The first-order valence-electron chi connectivity index (χ1n) is 2.59. The zero-order chi connectivity index (χ0) is 7.61. The zero-order valence-corrected chi connectivity index (χ0v) is 6.98. The van der Waals surface area contributed by atoms with Crippen LogP contribution in [0.4, 0.5) is 0 Å². The van der Waals surface area contributed by atoms with Gasteiger partial charge < -0.3 is 0 Å². The Labute approximate surface area is 63.8 Å². The third-order valence-electron chi connectivity index (χ3n) is 0.798. The van der Waals surface area contributed by atoms with Crippen molar-refractivity contribution in [2.45, 2.75) is 5.56 Å². The zero-order valence-electron chi connectivity index (χ0n) is 5.35. The fraction of sp³-hybridized carbons (Fsp3) is 0.750. The quantitative estimate of drug-likeness (QED) is 0.565. The van der Waals surface area contributed by atoms with E-state index in [1.807, 2.05) is 0 Å². The van der Waals surface area contributed by atoms with Crippen molar-refractivity contribution in [3.8, 4) is 0 Å². The molecule has 0 spiro atoms. The lowest BCUT2D eigenvalue weighted by atomic mass is 10.9. The van der Waals surface area contributed by atoms with Gasteiger partial charge in [0.1, 0.15) is 0 Å². The molecule has 0 aromatic carbocycles. The monoisotopic (exact) mass is 181 g/mol. The lowest BCUT2D eigenvalue weighted by Crippen LogP contribution is -2.09. The Morgan fingerprint density at radius 2 is 2.50 bits per heavy atom. The van der Waals surface area contributed by atoms with Gasteiger partial charge in [0.05, 0.1) is 6.26 Å².